The average Bonchev–Trinajstić information content (AvgIpc) is 3.08. The van der Waals surface area contributed by atoms with Crippen LogP contribution in [0, 0.1) is 0 Å². The number of anilines is 4. The Morgan fingerprint density at radius 1 is 0.957 bits per heavy atom. The predicted molar refractivity (Wildman–Crippen MR) is 174 cm³/mol. The van der Waals surface area contributed by atoms with E-state index in [2.05, 4.69) is 25.0 Å². The highest BCUT2D eigenvalue weighted by Crippen LogP contribution is 2.41. The number of carbonyl (C=O) groups is 1. The van der Waals surface area contributed by atoms with Gasteiger partial charge in [0.2, 0.25) is 11.7 Å². The first-order valence-corrected chi connectivity index (χ1v) is 16.1. The number of methoxy groups -OCH3 is 1. The fourth-order valence-electron chi connectivity index (χ4n) is 4.36. The Labute approximate surface area is 272 Å². The molecule has 1 aliphatic heterocycles. The topological polar surface area (TPSA) is 167 Å². The van der Waals surface area contributed by atoms with Crippen LogP contribution in [-0.2, 0) is 19.5 Å². The number of pyridine rings is 1. The summed E-state index contributed by atoms with van der Waals surface area (Å²) in [5, 5.41) is 2.52. The number of nitrogens with zero attached hydrogens (tertiary/aromatic N) is 5. The molecule has 15 nitrogen and oxygen atoms in total. The number of hydrogen-bond donors (Lipinski definition) is 2. The number of para-hydroxylation sites is 2. The van der Waals surface area contributed by atoms with Crippen molar-refractivity contribution >= 4 is 39.4 Å². The maximum atomic E-state index is 13.7. The second-order valence-corrected chi connectivity index (χ2v) is 11.9. The predicted octanol–water partition coefficient (Wildman–Crippen LogP) is 4.00. The van der Waals surface area contributed by atoms with Crippen LogP contribution in [0.25, 0.3) is 0 Å². The lowest BCUT2D eigenvalue weighted by molar-refractivity contribution is 0.121. The second-order valence-electron chi connectivity index (χ2n) is 10.2. The van der Waals surface area contributed by atoms with Gasteiger partial charge >= 0.3 is 6.09 Å². The van der Waals surface area contributed by atoms with Gasteiger partial charge < -0.3 is 33.5 Å². The third kappa shape index (κ3) is 8.68. The van der Waals surface area contributed by atoms with Gasteiger partial charge in [-0.2, -0.15) is 9.97 Å². The number of ether oxygens (including phenoxy) is 5. The van der Waals surface area contributed by atoms with E-state index in [0.717, 1.165) is 5.69 Å². The zero-order valence-corrected chi connectivity index (χ0v) is 26.9. The van der Waals surface area contributed by atoms with Crippen molar-refractivity contribution in [1.29, 1.82) is 0 Å². The van der Waals surface area contributed by atoms with Crippen LogP contribution in [0.15, 0.2) is 77.8 Å². The molecule has 1 saturated heterocycles. The number of aromatic nitrogens is 3. The van der Waals surface area contributed by atoms with Crippen LogP contribution >= 0.6 is 0 Å². The van der Waals surface area contributed by atoms with Gasteiger partial charge in [0.25, 0.3) is 15.9 Å². The van der Waals surface area contributed by atoms with Crippen LogP contribution in [0.3, 0.4) is 0 Å². The molecule has 1 fully saturated rings. The van der Waals surface area contributed by atoms with E-state index in [0.29, 0.717) is 37.9 Å². The Balaban J connectivity index is 1.48. The monoisotopic (exact) mass is 665 g/mol. The van der Waals surface area contributed by atoms with Gasteiger partial charge in [-0.1, -0.05) is 18.2 Å². The van der Waals surface area contributed by atoms with Gasteiger partial charge in [-0.05, 0) is 48.5 Å². The minimum atomic E-state index is -4.17. The maximum Gasteiger partial charge on any atom is 0.412 e. The molecular weight excluding hydrogens is 630 g/mol. The summed E-state index contributed by atoms with van der Waals surface area (Å²) in [6, 6.07) is 18.2. The first kappa shape index (κ1) is 33.0. The number of benzene rings is 2. The average molecular weight is 666 g/mol. The Kier molecular flexibility index (Phi) is 10.7. The van der Waals surface area contributed by atoms with Crippen molar-refractivity contribution in [2.45, 2.75) is 4.90 Å². The quantitative estimate of drug-likeness (QED) is 0.197. The van der Waals surface area contributed by atoms with Crippen LogP contribution in [0.5, 0.6) is 23.1 Å². The molecule has 2 N–H and O–H groups in total. The van der Waals surface area contributed by atoms with Gasteiger partial charge in [0, 0.05) is 39.1 Å². The first-order valence-electron chi connectivity index (χ1n) is 14.6. The lowest BCUT2D eigenvalue weighted by Crippen LogP contribution is -2.37. The van der Waals surface area contributed by atoms with Crippen LogP contribution in [0.4, 0.5) is 28.1 Å². The molecule has 0 bridgehead atoms. The number of morpholine rings is 1. The molecule has 248 valence electrons. The SMILES string of the molecule is COc1ccccc1Oc1c(NS(=O)(=O)c2ccc(N(C)C)cc2)nc(N2CCOCC2)nc1OCCOC(=O)Nc1ccccn1. The Bertz CT molecular complexity index is 1750. The molecule has 4 aromatic rings. The highest BCUT2D eigenvalue weighted by atomic mass is 32.2. The lowest BCUT2D eigenvalue weighted by atomic mass is 10.3. The zero-order valence-electron chi connectivity index (χ0n) is 26.1. The van der Waals surface area contributed by atoms with E-state index in [9.17, 15) is 13.2 Å². The standard InChI is InChI=1S/C31H35N7O8S/c1-37(2)22-11-13-23(14-12-22)47(40,41)36-28-27(46-25-9-5-4-8-24(25)42-3)29(35-30(34-28)38-16-18-43-19-17-38)44-20-21-45-31(39)33-26-10-6-7-15-32-26/h4-15H,16-21H2,1-3H3,(H,32,33,39)(H,34,35,36). The summed E-state index contributed by atoms with van der Waals surface area (Å²) < 4.78 is 58.3. The number of hydrogen-bond acceptors (Lipinski definition) is 13. The number of carbonyl (C=O) groups excluding carboxylic acids is 1. The molecule has 0 atom stereocenters. The van der Waals surface area contributed by atoms with Gasteiger partial charge in [0.05, 0.1) is 25.2 Å². The van der Waals surface area contributed by atoms with E-state index in [1.165, 1.54) is 25.4 Å². The number of sulfonamides is 1. The van der Waals surface area contributed by atoms with E-state index < -0.39 is 16.1 Å². The molecule has 16 heteroatoms. The summed E-state index contributed by atoms with van der Waals surface area (Å²) in [5.41, 5.74) is 0.826. The molecule has 2 aromatic heterocycles. The van der Waals surface area contributed by atoms with Gasteiger partial charge in [0.1, 0.15) is 19.0 Å². The van der Waals surface area contributed by atoms with Crippen molar-refractivity contribution in [2.75, 3.05) is 80.6 Å². The minimum Gasteiger partial charge on any atom is -0.493 e. The largest absolute Gasteiger partial charge is 0.493 e. The third-order valence-electron chi connectivity index (χ3n) is 6.74. The van der Waals surface area contributed by atoms with Crippen molar-refractivity contribution in [2.24, 2.45) is 0 Å². The molecule has 0 unspecified atom stereocenters. The number of rotatable bonds is 13. The number of amides is 1. The second kappa shape index (κ2) is 15.3. The summed E-state index contributed by atoms with van der Waals surface area (Å²) >= 11 is 0. The van der Waals surface area contributed by atoms with Crippen LogP contribution < -0.4 is 34.0 Å². The molecule has 0 radical (unpaired) electrons. The van der Waals surface area contributed by atoms with Crippen LogP contribution in [0.2, 0.25) is 0 Å². The highest BCUT2D eigenvalue weighted by Gasteiger charge is 2.27. The molecule has 0 aliphatic carbocycles. The molecule has 47 heavy (non-hydrogen) atoms. The molecule has 0 spiro atoms. The number of nitrogens with one attached hydrogen (secondary N) is 2. The first-order chi connectivity index (χ1) is 22.7. The smallest absolute Gasteiger partial charge is 0.412 e. The van der Waals surface area contributed by atoms with Crippen molar-refractivity contribution < 1.29 is 36.9 Å². The Hall–Kier alpha value is -5.35. The van der Waals surface area contributed by atoms with E-state index in [-0.39, 0.29) is 47.3 Å². The van der Waals surface area contributed by atoms with Gasteiger partial charge in [-0.3, -0.25) is 10.0 Å². The molecular formula is C31H35N7O8S. The summed E-state index contributed by atoms with van der Waals surface area (Å²) in [4.78, 5) is 29.2. The highest BCUT2D eigenvalue weighted by molar-refractivity contribution is 7.92. The van der Waals surface area contributed by atoms with E-state index in [4.69, 9.17) is 23.7 Å². The fraction of sp³-hybridized carbons (Fsp3) is 0.290. The zero-order chi connectivity index (χ0) is 33.2. The van der Waals surface area contributed by atoms with Crippen LogP contribution in [0.1, 0.15) is 0 Å². The van der Waals surface area contributed by atoms with Crippen molar-refractivity contribution in [3.8, 4) is 23.1 Å². The maximum absolute atomic E-state index is 13.7. The normalized spacial score (nSPS) is 13.0. The van der Waals surface area contributed by atoms with Crippen LogP contribution in [-0.4, -0.2) is 90.2 Å². The molecule has 0 saturated carbocycles. The molecule has 3 heterocycles. The van der Waals surface area contributed by atoms with E-state index in [1.54, 1.807) is 54.6 Å². The Morgan fingerprint density at radius 2 is 1.68 bits per heavy atom. The van der Waals surface area contributed by atoms with Crippen molar-refractivity contribution in [1.82, 2.24) is 15.0 Å². The van der Waals surface area contributed by atoms with Gasteiger partial charge in [-0.25, -0.2) is 18.2 Å². The van der Waals surface area contributed by atoms with Crippen molar-refractivity contribution in [3.05, 3.63) is 72.9 Å². The lowest BCUT2D eigenvalue weighted by Gasteiger charge is -2.28. The summed E-state index contributed by atoms with van der Waals surface area (Å²) in [5.74, 6) is 0.741. The molecule has 1 amide bonds. The molecule has 5 rings (SSSR count). The Morgan fingerprint density at radius 3 is 2.36 bits per heavy atom. The van der Waals surface area contributed by atoms with E-state index >= 15 is 0 Å². The van der Waals surface area contributed by atoms with Gasteiger partial charge in [-0.15, -0.1) is 0 Å². The minimum absolute atomic E-state index is 0.00710. The fourth-order valence-corrected chi connectivity index (χ4v) is 5.36. The summed E-state index contributed by atoms with van der Waals surface area (Å²) in [6.07, 6.45) is 0.802. The molecule has 1 aliphatic rings. The van der Waals surface area contributed by atoms with Crippen molar-refractivity contribution in [3.63, 3.8) is 0 Å². The summed E-state index contributed by atoms with van der Waals surface area (Å²) in [6.45, 7) is 1.44. The molecule has 2 aromatic carbocycles. The third-order valence-corrected chi connectivity index (χ3v) is 8.10. The summed E-state index contributed by atoms with van der Waals surface area (Å²) in [7, 11) is 1.02. The van der Waals surface area contributed by atoms with E-state index in [1.807, 2.05) is 23.9 Å². The van der Waals surface area contributed by atoms with Gasteiger partial charge in [0.15, 0.2) is 17.3 Å².